The second-order valence-corrected chi connectivity index (χ2v) is 13.7. The number of methoxy groups -OCH3 is 1. The topological polar surface area (TPSA) is 112 Å². The van der Waals surface area contributed by atoms with Crippen LogP contribution in [0.3, 0.4) is 0 Å². The molecule has 2 aliphatic rings. The maximum Gasteiger partial charge on any atom is 0.407 e. The number of carbonyl (C=O) groups is 1. The van der Waals surface area contributed by atoms with E-state index in [0.717, 1.165) is 58.8 Å². The number of amides is 1. The number of carbonyl (C=O) groups excluding carboxylic acids is 1. The largest absolute Gasteiger partial charge is 0.444 e. The lowest BCUT2D eigenvalue weighted by atomic mass is 9.73. The van der Waals surface area contributed by atoms with Crippen LogP contribution in [-0.4, -0.2) is 76.8 Å². The van der Waals surface area contributed by atoms with Crippen molar-refractivity contribution in [3.8, 4) is 0 Å². The van der Waals surface area contributed by atoms with E-state index in [4.69, 9.17) is 40.5 Å². The molecule has 43 heavy (non-hydrogen) atoms. The van der Waals surface area contributed by atoms with Crippen molar-refractivity contribution < 1.29 is 23.7 Å². The normalized spacial score (nSPS) is 20.2. The molecule has 2 fully saturated rings. The minimum Gasteiger partial charge on any atom is -0.444 e. The number of ether oxygens (including phenoxy) is 4. The first-order valence-corrected chi connectivity index (χ1v) is 15.7. The number of hydrogen-bond acceptors (Lipinski definition) is 10. The van der Waals surface area contributed by atoms with Crippen LogP contribution in [0.4, 0.5) is 10.6 Å². The summed E-state index contributed by atoms with van der Waals surface area (Å²) in [6.07, 6.45) is 5.03. The van der Waals surface area contributed by atoms with E-state index < -0.39 is 11.7 Å². The van der Waals surface area contributed by atoms with Gasteiger partial charge in [-0.05, 0) is 60.5 Å². The molecule has 0 bridgehead atoms. The van der Waals surface area contributed by atoms with E-state index >= 15 is 0 Å². The molecule has 11 nitrogen and oxygen atoms in total. The summed E-state index contributed by atoms with van der Waals surface area (Å²) in [5.41, 5.74) is 2.39. The lowest BCUT2D eigenvalue weighted by Gasteiger charge is -2.43. The fourth-order valence-corrected chi connectivity index (χ4v) is 6.99. The zero-order chi connectivity index (χ0) is 30.9. The number of nitrogens with zero attached hydrogens (tertiary/aromatic N) is 5. The molecule has 1 amide bonds. The van der Waals surface area contributed by atoms with Crippen LogP contribution in [0.15, 0.2) is 28.4 Å². The van der Waals surface area contributed by atoms with Crippen molar-refractivity contribution in [1.82, 2.24) is 24.7 Å². The Labute approximate surface area is 262 Å². The number of aromatic nitrogens is 4. The Morgan fingerprint density at radius 1 is 1.23 bits per heavy atom. The number of piperidine rings is 1. The van der Waals surface area contributed by atoms with Gasteiger partial charge in [0.05, 0.1) is 41.8 Å². The Kier molecular flexibility index (Phi) is 9.43. The average molecular weight is 633 g/mol. The van der Waals surface area contributed by atoms with Gasteiger partial charge in [0, 0.05) is 42.9 Å². The first-order valence-electron chi connectivity index (χ1n) is 14.5. The molecule has 3 aromatic heterocycles. The number of halogens is 1. The van der Waals surface area contributed by atoms with Gasteiger partial charge in [-0.1, -0.05) is 23.4 Å². The smallest absolute Gasteiger partial charge is 0.407 e. The van der Waals surface area contributed by atoms with Crippen molar-refractivity contribution in [3.05, 3.63) is 40.6 Å². The Morgan fingerprint density at radius 2 is 1.98 bits per heavy atom. The van der Waals surface area contributed by atoms with Gasteiger partial charge in [0.1, 0.15) is 23.1 Å². The van der Waals surface area contributed by atoms with Gasteiger partial charge in [-0.15, -0.1) is 0 Å². The molecule has 0 aliphatic carbocycles. The predicted molar refractivity (Wildman–Crippen MR) is 165 cm³/mol. The van der Waals surface area contributed by atoms with E-state index in [1.165, 1.54) is 11.8 Å². The van der Waals surface area contributed by atoms with Crippen molar-refractivity contribution in [1.29, 1.82) is 0 Å². The number of aryl methyl sites for hydroxylation is 2. The second kappa shape index (κ2) is 12.8. The zero-order valence-electron chi connectivity index (χ0n) is 25.9. The Morgan fingerprint density at radius 3 is 2.67 bits per heavy atom. The molecule has 5 rings (SSSR count). The lowest BCUT2D eigenvalue weighted by Crippen LogP contribution is -2.55. The highest BCUT2D eigenvalue weighted by atomic mass is 35.5. The van der Waals surface area contributed by atoms with E-state index in [9.17, 15) is 4.79 Å². The second-order valence-electron chi connectivity index (χ2n) is 12.3. The number of rotatable bonds is 8. The first-order chi connectivity index (χ1) is 20.4. The third kappa shape index (κ3) is 7.04. The molecule has 13 heteroatoms. The van der Waals surface area contributed by atoms with Crippen LogP contribution in [0.1, 0.15) is 57.6 Å². The summed E-state index contributed by atoms with van der Waals surface area (Å²) in [5, 5.41) is 4.44. The van der Waals surface area contributed by atoms with Crippen molar-refractivity contribution in [3.63, 3.8) is 0 Å². The van der Waals surface area contributed by atoms with Gasteiger partial charge in [-0.25, -0.2) is 19.7 Å². The molecule has 1 N–H and O–H groups in total. The molecule has 2 aliphatic heterocycles. The van der Waals surface area contributed by atoms with Crippen LogP contribution in [-0.2, 0) is 25.6 Å². The molecule has 3 aromatic rings. The van der Waals surface area contributed by atoms with E-state index in [1.54, 1.807) is 7.11 Å². The highest BCUT2D eigenvalue weighted by molar-refractivity contribution is 7.99. The Balaban J connectivity index is 1.36. The minimum atomic E-state index is -0.567. The molecule has 0 radical (unpaired) electrons. The van der Waals surface area contributed by atoms with Crippen LogP contribution < -0.4 is 10.2 Å². The highest BCUT2D eigenvalue weighted by Gasteiger charge is 2.50. The summed E-state index contributed by atoms with van der Waals surface area (Å²) in [6, 6.07) is 1.83. The molecule has 2 atom stereocenters. The standard InChI is InChI=1S/C30H41ClN6O5S/c1-18-14-37-11-8-22(23(31)26(37)32-18)43-27-19(2)33-25(21(34-27)15-40-17-39-7)36-12-9-30(10-13-36)16-41-20(3)24(30)35-28(38)42-29(4,5)6/h8,11,14,20,24H,9-10,12-13,15-17H2,1-7H3,(H,35,38)/t20-,24+/m0/s1. The average Bonchev–Trinajstić information content (AvgIpc) is 3.46. The number of anilines is 1. The van der Waals surface area contributed by atoms with Gasteiger partial charge in [0.2, 0.25) is 0 Å². The summed E-state index contributed by atoms with van der Waals surface area (Å²) < 4.78 is 24.4. The molecule has 234 valence electrons. The fraction of sp³-hybridized carbons (Fsp3) is 0.600. The van der Waals surface area contributed by atoms with Gasteiger partial charge in [0.25, 0.3) is 0 Å². The molecule has 1 spiro atoms. The number of hydrogen-bond donors (Lipinski definition) is 1. The number of nitrogens with one attached hydrogen (secondary N) is 1. The minimum absolute atomic E-state index is 0.104. The summed E-state index contributed by atoms with van der Waals surface area (Å²) >= 11 is 8.22. The SMILES string of the molecule is COCOCc1nc(Sc2ccn3cc(C)nc3c2Cl)c(C)nc1N1CCC2(CC1)CO[C@@H](C)[C@H]2NC(=O)OC(C)(C)C. The Hall–Kier alpha value is -2.64. The van der Waals surface area contributed by atoms with Crippen molar-refractivity contribution >= 4 is 40.9 Å². The maximum absolute atomic E-state index is 12.7. The van der Waals surface area contributed by atoms with Gasteiger partial charge in [-0.2, -0.15) is 0 Å². The van der Waals surface area contributed by atoms with Crippen LogP contribution >= 0.6 is 23.4 Å². The molecule has 0 unspecified atom stereocenters. The van der Waals surface area contributed by atoms with Crippen LogP contribution in [0.5, 0.6) is 0 Å². The quantitative estimate of drug-likeness (QED) is 0.250. The van der Waals surface area contributed by atoms with E-state index in [-0.39, 0.29) is 31.0 Å². The third-order valence-corrected chi connectivity index (χ3v) is 9.49. The van der Waals surface area contributed by atoms with Crippen LogP contribution in [0.2, 0.25) is 5.02 Å². The van der Waals surface area contributed by atoms with E-state index in [0.29, 0.717) is 17.3 Å². The van der Waals surface area contributed by atoms with Crippen molar-refractivity contribution in [2.75, 3.05) is 38.5 Å². The summed E-state index contributed by atoms with van der Waals surface area (Å²) in [7, 11) is 1.59. The molecule has 5 heterocycles. The van der Waals surface area contributed by atoms with Gasteiger partial charge in [0.15, 0.2) is 11.5 Å². The first kappa shape index (κ1) is 31.8. The highest BCUT2D eigenvalue weighted by Crippen LogP contribution is 2.44. The predicted octanol–water partition coefficient (Wildman–Crippen LogP) is 5.56. The number of pyridine rings is 1. The molecular weight excluding hydrogens is 592 g/mol. The molecule has 2 saturated heterocycles. The monoisotopic (exact) mass is 632 g/mol. The molecule has 0 saturated carbocycles. The van der Waals surface area contributed by atoms with Gasteiger partial charge in [-0.3, -0.25) is 0 Å². The molecular formula is C30H41ClN6O5S. The van der Waals surface area contributed by atoms with Gasteiger partial charge >= 0.3 is 6.09 Å². The summed E-state index contributed by atoms with van der Waals surface area (Å²) in [5.74, 6) is 0.793. The number of fused-ring (bicyclic) bond motifs is 1. The van der Waals surface area contributed by atoms with Crippen molar-refractivity contribution in [2.45, 2.75) is 88.7 Å². The van der Waals surface area contributed by atoms with Crippen LogP contribution in [0.25, 0.3) is 5.65 Å². The van der Waals surface area contributed by atoms with E-state index in [1.807, 2.05) is 64.4 Å². The number of imidazole rings is 1. The van der Waals surface area contributed by atoms with Gasteiger partial charge < -0.3 is 33.6 Å². The summed E-state index contributed by atoms with van der Waals surface area (Å²) in [4.78, 5) is 30.4. The Bertz CT molecular complexity index is 1470. The fourth-order valence-electron chi connectivity index (χ4n) is 5.81. The molecule has 0 aromatic carbocycles. The maximum atomic E-state index is 12.7. The number of alkyl carbamates (subject to hydrolysis) is 1. The van der Waals surface area contributed by atoms with Crippen LogP contribution in [0, 0.1) is 19.3 Å². The van der Waals surface area contributed by atoms with Crippen molar-refractivity contribution in [2.24, 2.45) is 5.41 Å². The zero-order valence-corrected chi connectivity index (χ0v) is 27.5. The van der Waals surface area contributed by atoms with E-state index in [2.05, 4.69) is 15.2 Å². The summed E-state index contributed by atoms with van der Waals surface area (Å²) in [6.45, 7) is 14.0. The lowest BCUT2D eigenvalue weighted by molar-refractivity contribution is -0.0402. The third-order valence-electron chi connectivity index (χ3n) is 7.87.